The van der Waals surface area contributed by atoms with Crippen molar-refractivity contribution >= 4 is 5.91 Å². The average Bonchev–Trinajstić information content (AvgIpc) is 3.00. The van der Waals surface area contributed by atoms with E-state index >= 15 is 0 Å². The van der Waals surface area contributed by atoms with E-state index in [-0.39, 0.29) is 5.91 Å². The fourth-order valence-corrected chi connectivity index (χ4v) is 3.89. The third-order valence-electron chi connectivity index (χ3n) is 5.14. The average molecular weight is 316 g/mol. The first-order valence-electron chi connectivity index (χ1n) is 8.90. The predicted molar refractivity (Wildman–Crippen MR) is 91.5 cm³/mol. The van der Waals surface area contributed by atoms with Crippen molar-refractivity contribution in [2.45, 2.75) is 44.8 Å². The molecule has 0 N–H and O–H groups in total. The molecule has 0 unspecified atom stereocenters. The molecule has 1 atom stereocenters. The second-order valence-electron chi connectivity index (χ2n) is 6.73. The molecule has 126 valence electrons. The summed E-state index contributed by atoms with van der Waals surface area (Å²) in [5.41, 5.74) is 1.79. The van der Waals surface area contributed by atoms with Crippen molar-refractivity contribution in [3.8, 4) is 0 Å². The van der Waals surface area contributed by atoms with Gasteiger partial charge in [-0.2, -0.15) is 0 Å². The van der Waals surface area contributed by atoms with Crippen LogP contribution in [0.25, 0.3) is 0 Å². The molecule has 2 aliphatic heterocycles. The van der Waals surface area contributed by atoms with E-state index < -0.39 is 0 Å². The number of ether oxygens (including phenoxy) is 1. The van der Waals surface area contributed by atoms with Gasteiger partial charge in [0.25, 0.3) is 5.91 Å². The molecule has 2 saturated heterocycles. The number of rotatable bonds is 4. The second kappa shape index (κ2) is 7.93. The van der Waals surface area contributed by atoms with Crippen molar-refractivity contribution in [1.29, 1.82) is 0 Å². The van der Waals surface area contributed by atoms with Crippen LogP contribution in [0.2, 0.25) is 0 Å². The lowest BCUT2D eigenvalue weighted by molar-refractivity contribution is 0.0709. The van der Waals surface area contributed by atoms with Gasteiger partial charge in [-0.25, -0.2) is 0 Å². The van der Waals surface area contributed by atoms with E-state index in [9.17, 15) is 4.79 Å². The topological polar surface area (TPSA) is 32.8 Å². The fraction of sp³-hybridized carbons (Fsp3) is 0.632. The lowest BCUT2D eigenvalue weighted by atomic mass is 10.1. The number of benzene rings is 1. The molecule has 1 amide bonds. The summed E-state index contributed by atoms with van der Waals surface area (Å²) < 4.78 is 5.25. The van der Waals surface area contributed by atoms with Gasteiger partial charge < -0.3 is 9.64 Å². The molecule has 1 aromatic carbocycles. The van der Waals surface area contributed by atoms with E-state index in [1.807, 2.05) is 24.3 Å². The first-order chi connectivity index (χ1) is 11.3. The maximum Gasteiger partial charge on any atom is 0.254 e. The van der Waals surface area contributed by atoms with E-state index in [0.717, 1.165) is 30.6 Å². The molecule has 0 saturated carbocycles. The molecule has 0 radical (unpaired) electrons. The lowest BCUT2D eigenvalue weighted by Crippen LogP contribution is -2.44. The number of likely N-dealkylation sites (tertiary alicyclic amines) is 2. The Bertz CT molecular complexity index is 526. The summed E-state index contributed by atoms with van der Waals surface area (Å²) in [4.78, 5) is 17.7. The number of amides is 1. The zero-order valence-corrected chi connectivity index (χ0v) is 14.2. The normalized spacial score (nSPS) is 23.0. The van der Waals surface area contributed by atoms with E-state index in [4.69, 9.17) is 4.74 Å². The van der Waals surface area contributed by atoms with E-state index in [1.165, 1.54) is 38.8 Å². The number of hydrogen-bond acceptors (Lipinski definition) is 3. The van der Waals surface area contributed by atoms with Crippen LogP contribution >= 0.6 is 0 Å². The van der Waals surface area contributed by atoms with Gasteiger partial charge in [0.1, 0.15) is 0 Å². The molecule has 23 heavy (non-hydrogen) atoms. The first kappa shape index (κ1) is 16.5. The largest absolute Gasteiger partial charge is 0.380 e. The highest BCUT2D eigenvalue weighted by molar-refractivity contribution is 5.95. The van der Waals surface area contributed by atoms with Crippen molar-refractivity contribution in [3.05, 3.63) is 35.4 Å². The van der Waals surface area contributed by atoms with Crippen molar-refractivity contribution in [3.63, 3.8) is 0 Å². The molecule has 0 bridgehead atoms. The van der Waals surface area contributed by atoms with Gasteiger partial charge in [0.2, 0.25) is 0 Å². The Morgan fingerprint density at radius 2 is 1.87 bits per heavy atom. The Morgan fingerprint density at radius 1 is 1.13 bits per heavy atom. The smallest absolute Gasteiger partial charge is 0.254 e. The predicted octanol–water partition coefficient (Wildman–Crippen LogP) is 2.92. The molecule has 2 heterocycles. The molecule has 0 aromatic heterocycles. The van der Waals surface area contributed by atoms with Gasteiger partial charge in [0, 0.05) is 31.8 Å². The lowest BCUT2D eigenvalue weighted by Gasteiger charge is -2.31. The van der Waals surface area contributed by atoms with Crippen LogP contribution in [0, 0.1) is 0 Å². The van der Waals surface area contributed by atoms with Gasteiger partial charge in [-0.1, -0.05) is 24.6 Å². The Kier molecular flexibility index (Phi) is 5.68. The molecule has 2 fully saturated rings. The molecular weight excluding hydrogens is 288 g/mol. The zero-order chi connectivity index (χ0) is 16.1. The molecule has 0 spiro atoms. The molecule has 3 rings (SSSR count). The standard InChI is InChI=1S/C19H28N2O2/c1-23-15-16-8-2-3-10-18(16)19(22)21-13-5-4-9-17(14-21)20-11-6-7-12-20/h2-3,8,10,17H,4-7,9,11-15H2,1H3/t17-/m0/s1. The van der Waals surface area contributed by atoms with Crippen molar-refractivity contribution in [1.82, 2.24) is 9.80 Å². The zero-order valence-electron chi connectivity index (χ0n) is 14.2. The van der Waals surface area contributed by atoms with Crippen LogP contribution in [0.15, 0.2) is 24.3 Å². The highest BCUT2D eigenvalue weighted by atomic mass is 16.5. The number of carbonyl (C=O) groups is 1. The van der Waals surface area contributed by atoms with Crippen LogP contribution < -0.4 is 0 Å². The van der Waals surface area contributed by atoms with Crippen molar-refractivity contribution < 1.29 is 9.53 Å². The summed E-state index contributed by atoms with van der Waals surface area (Å²) in [6, 6.07) is 8.39. The minimum Gasteiger partial charge on any atom is -0.380 e. The summed E-state index contributed by atoms with van der Waals surface area (Å²) in [5.74, 6) is 0.170. The van der Waals surface area contributed by atoms with E-state index in [1.54, 1.807) is 7.11 Å². The van der Waals surface area contributed by atoms with Crippen molar-refractivity contribution in [2.24, 2.45) is 0 Å². The Hall–Kier alpha value is -1.39. The third kappa shape index (κ3) is 3.93. The minimum absolute atomic E-state index is 0.170. The Morgan fingerprint density at radius 3 is 2.65 bits per heavy atom. The van der Waals surface area contributed by atoms with Gasteiger partial charge in [-0.15, -0.1) is 0 Å². The fourth-order valence-electron chi connectivity index (χ4n) is 3.89. The number of hydrogen-bond donors (Lipinski definition) is 0. The van der Waals surface area contributed by atoms with Crippen LogP contribution in [0.4, 0.5) is 0 Å². The van der Waals surface area contributed by atoms with E-state index in [2.05, 4.69) is 9.80 Å². The first-order valence-corrected chi connectivity index (χ1v) is 8.90. The quantitative estimate of drug-likeness (QED) is 0.856. The monoisotopic (exact) mass is 316 g/mol. The van der Waals surface area contributed by atoms with Gasteiger partial charge >= 0.3 is 0 Å². The second-order valence-corrected chi connectivity index (χ2v) is 6.73. The summed E-state index contributed by atoms with van der Waals surface area (Å²) in [7, 11) is 1.68. The molecule has 0 aliphatic carbocycles. The maximum absolute atomic E-state index is 13.1. The molecular formula is C19H28N2O2. The number of carbonyl (C=O) groups excluding carboxylic acids is 1. The Balaban J connectivity index is 1.75. The summed E-state index contributed by atoms with van der Waals surface area (Å²) in [5, 5.41) is 0. The number of nitrogens with zero attached hydrogens (tertiary/aromatic N) is 2. The van der Waals surface area contributed by atoms with Gasteiger partial charge in [-0.3, -0.25) is 9.69 Å². The highest BCUT2D eigenvalue weighted by Gasteiger charge is 2.28. The molecule has 4 nitrogen and oxygen atoms in total. The Labute approximate surface area is 139 Å². The van der Waals surface area contributed by atoms with Crippen LogP contribution in [0.1, 0.15) is 48.0 Å². The van der Waals surface area contributed by atoms with Crippen LogP contribution in [-0.4, -0.2) is 55.0 Å². The maximum atomic E-state index is 13.1. The summed E-state index contributed by atoms with van der Waals surface area (Å²) >= 11 is 0. The van der Waals surface area contributed by atoms with E-state index in [0.29, 0.717) is 12.6 Å². The summed E-state index contributed by atoms with van der Waals surface area (Å²) in [6.07, 6.45) is 6.18. The van der Waals surface area contributed by atoms with Gasteiger partial charge in [0.15, 0.2) is 0 Å². The molecule has 2 aliphatic rings. The summed E-state index contributed by atoms with van der Waals surface area (Å²) in [6.45, 7) is 4.65. The minimum atomic E-state index is 0.170. The van der Waals surface area contributed by atoms with Crippen LogP contribution in [0.5, 0.6) is 0 Å². The molecule has 4 heteroatoms. The number of methoxy groups -OCH3 is 1. The van der Waals surface area contributed by atoms with Gasteiger partial charge in [-0.05, 0) is 50.4 Å². The van der Waals surface area contributed by atoms with Crippen LogP contribution in [0.3, 0.4) is 0 Å². The van der Waals surface area contributed by atoms with Gasteiger partial charge in [0.05, 0.1) is 6.61 Å². The highest BCUT2D eigenvalue weighted by Crippen LogP contribution is 2.22. The van der Waals surface area contributed by atoms with Crippen LogP contribution in [-0.2, 0) is 11.3 Å². The van der Waals surface area contributed by atoms with Crippen molar-refractivity contribution in [2.75, 3.05) is 33.3 Å². The molecule has 1 aromatic rings. The third-order valence-corrected chi connectivity index (χ3v) is 5.14. The SMILES string of the molecule is COCc1ccccc1C(=O)N1CCCC[C@H](N2CCCC2)C1.